The van der Waals surface area contributed by atoms with Crippen molar-refractivity contribution >= 4 is 5.91 Å². The Morgan fingerprint density at radius 2 is 2.25 bits per heavy atom. The number of carbonyl (C=O) groups is 1. The van der Waals surface area contributed by atoms with Crippen molar-refractivity contribution in [2.75, 3.05) is 0 Å². The van der Waals surface area contributed by atoms with E-state index in [4.69, 9.17) is 11.5 Å². The molecule has 0 heterocycles. The largest absolute Gasteiger partial charge is 0.325 e. The first kappa shape index (κ1) is 7.13. The Morgan fingerprint density at radius 3 is 2.38 bits per heavy atom. The first-order valence-electron chi connectivity index (χ1n) is 2.11. The van der Waals surface area contributed by atoms with Crippen LogP contribution in [0, 0.1) is 0 Å². The van der Waals surface area contributed by atoms with E-state index in [9.17, 15) is 4.79 Å². The van der Waals surface area contributed by atoms with Gasteiger partial charge in [0, 0.05) is 0 Å². The van der Waals surface area contributed by atoms with Crippen LogP contribution in [0.25, 0.3) is 0 Å². The maximum atomic E-state index is 10.2. The second-order valence-electron chi connectivity index (χ2n) is 1.24. The lowest BCUT2D eigenvalue weighted by Gasteiger charge is -2.03. The van der Waals surface area contributed by atoms with Crippen LogP contribution in [0.2, 0.25) is 0 Å². The highest BCUT2D eigenvalue weighted by molar-refractivity contribution is 5.86. The number of rotatable bonds is 2. The Labute approximate surface area is 47.5 Å². The van der Waals surface area contributed by atoms with Gasteiger partial charge in [-0.1, -0.05) is 6.58 Å². The average Bonchev–Trinajstić information content (AvgIpc) is 1.65. The zero-order valence-corrected chi connectivity index (χ0v) is 4.42. The lowest BCUT2D eigenvalue weighted by Crippen LogP contribution is -2.47. The number of nitrogens with one attached hydrogen (secondary N) is 1. The average molecular weight is 115 g/mol. The topological polar surface area (TPSA) is 81.1 Å². The standard InChI is InChI=1S/C4H9N3O/c1-2-3(8)7-4(5)6/h2,4H,1,5-6H2,(H,7,8). The van der Waals surface area contributed by atoms with Crippen molar-refractivity contribution in [2.45, 2.75) is 6.29 Å². The fourth-order valence-electron chi connectivity index (χ4n) is 0.223. The van der Waals surface area contributed by atoms with Gasteiger partial charge >= 0.3 is 0 Å². The molecule has 0 atom stereocenters. The summed E-state index contributed by atoms with van der Waals surface area (Å²) in [5, 5.41) is 2.19. The predicted octanol–water partition coefficient (Wildman–Crippen LogP) is -1.51. The molecule has 0 rings (SSSR count). The molecule has 0 saturated heterocycles. The summed E-state index contributed by atoms with van der Waals surface area (Å²) in [5.74, 6) is -0.361. The maximum Gasteiger partial charge on any atom is 0.245 e. The van der Waals surface area contributed by atoms with E-state index >= 15 is 0 Å². The van der Waals surface area contributed by atoms with Crippen molar-refractivity contribution in [3.63, 3.8) is 0 Å². The highest BCUT2D eigenvalue weighted by atomic mass is 16.1. The van der Waals surface area contributed by atoms with Crippen molar-refractivity contribution in [3.8, 4) is 0 Å². The summed E-state index contributed by atoms with van der Waals surface area (Å²) in [6.07, 6.45) is 0.313. The molecule has 0 aliphatic rings. The molecule has 46 valence electrons. The summed E-state index contributed by atoms with van der Waals surface area (Å²) in [4.78, 5) is 10.2. The highest BCUT2D eigenvalue weighted by Crippen LogP contribution is 1.62. The molecule has 4 nitrogen and oxygen atoms in total. The Bertz CT molecular complexity index is 99.5. The number of hydrogen-bond donors (Lipinski definition) is 3. The van der Waals surface area contributed by atoms with Crippen LogP contribution in [-0.2, 0) is 4.79 Å². The van der Waals surface area contributed by atoms with E-state index in [1.165, 1.54) is 0 Å². The third-order valence-corrected chi connectivity index (χ3v) is 0.494. The van der Waals surface area contributed by atoms with Crippen LogP contribution >= 0.6 is 0 Å². The van der Waals surface area contributed by atoms with Gasteiger partial charge in [-0.25, -0.2) is 0 Å². The van der Waals surface area contributed by atoms with Gasteiger partial charge in [-0.2, -0.15) is 0 Å². The molecule has 5 N–H and O–H groups in total. The Kier molecular flexibility index (Phi) is 2.83. The van der Waals surface area contributed by atoms with E-state index in [0.29, 0.717) is 0 Å². The Morgan fingerprint density at radius 1 is 1.75 bits per heavy atom. The quantitative estimate of drug-likeness (QED) is 0.302. The third-order valence-electron chi connectivity index (χ3n) is 0.494. The summed E-state index contributed by atoms with van der Waals surface area (Å²) in [6.45, 7) is 3.19. The molecule has 0 aliphatic heterocycles. The van der Waals surface area contributed by atoms with Gasteiger partial charge in [0.05, 0.1) is 0 Å². The molecule has 0 spiro atoms. The number of carbonyl (C=O) groups excluding carboxylic acids is 1. The molecule has 0 aromatic heterocycles. The monoisotopic (exact) mass is 115 g/mol. The first-order valence-corrected chi connectivity index (χ1v) is 2.11. The van der Waals surface area contributed by atoms with Crippen LogP contribution in [0.1, 0.15) is 0 Å². The van der Waals surface area contributed by atoms with Crippen LogP contribution in [0.3, 0.4) is 0 Å². The van der Waals surface area contributed by atoms with Gasteiger partial charge in [0.2, 0.25) is 5.91 Å². The lowest BCUT2D eigenvalue weighted by molar-refractivity contribution is -0.117. The van der Waals surface area contributed by atoms with Gasteiger partial charge < -0.3 is 5.32 Å². The minimum absolute atomic E-state index is 0.361. The van der Waals surface area contributed by atoms with Crippen LogP contribution in [0.4, 0.5) is 0 Å². The van der Waals surface area contributed by atoms with E-state index in [1.807, 2.05) is 0 Å². The number of amides is 1. The van der Waals surface area contributed by atoms with E-state index in [2.05, 4.69) is 11.9 Å². The molecular formula is C4H9N3O. The van der Waals surface area contributed by atoms with Crippen molar-refractivity contribution in [1.82, 2.24) is 5.32 Å². The minimum atomic E-state index is -0.791. The van der Waals surface area contributed by atoms with Crippen molar-refractivity contribution in [2.24, 2.45) is 11.5 Å². The Hall–Kier alpha value is -0.870. The summed E-state index contributed by atoms with van der Waals surface area (Å²) in [5.41, 5.74) is 9.93. The van der Waals surface area contributed by atoms with Gasteiger partial charge in [-0.15, -0.1) is 0 Å². The van der Waals surface area contributed by atoms with Gasteiger partial charge in [0.1, 0.15) is 6.29 Å². The molecule has 0 fully saturated rings. The van der Waals surface area contributed by atoms with Crippen molar-refractivity contribution in [3.05, 3.63) is 12.7 Å². The maximum absolute atomic E-state index is 10.2. The first-order chi connectivity index (χ1) is 3.66. The summed E-state index contributed by atoms with van der Waals surface area (Å²) in [7, 11) is 0. The SMILES string of the molecule is C=CC(=O)NC(N)N. The zero-order valence-electron chi connectivity index (χ0n) is 4.42. The van der Waals surface area contributed by atoms with Crippen LogP contribution in [-0.4, -0.2) is 12.2 Å². The number of nitrogens with two attached hydrogens (primary N) is 2. The minimum Gasteiger partial charge on any atom is -0.325 e. The molecule has 0 aliphatic carbocycles. The van der Waals surface area contributed by atoms with Crippen molar-refractivity contribution in [1.29, 1.82) is 0 Å². The van der Waals surface area contributed by atoms with Gasteiger partial charge in [-0.3, -0.25) is 16.3 Å². The third kappa shape index (κ3) is 3.32. The zero-order chi connectivity index (χ0) is 6.57. The number of hydrogen-bond acceptors (Lipinski definition) is 3. The van der Waals surface area contributed by atoms with Crippen LogP contribution in [0.5, 0.6) is 0 Å². The molecule has 0 aromatic rings. The molecule has 0 aromatic carbocycles. The molecule has 1 amide bonds. The summed E-state index contributed by atoms with van der Waals surface area (Å²) >= 11 is 0. The fraction of sp³-hybridized carbons (Fsp3) is 0.250. The van der Waals surface area contributed by atoms with E-state index in [0.717, 1.165) is 6.08 Å². The van der Waals surface area contributed by atoms with Gasteiger partial charge in [-0.05, 0) is 6.08 Å². The lowest BCUT2D eigenvalue weighted by atomic mass is 10.6. The molecular weight excluding hydrogens is 106 g/mol. The fourth-order valence-corrected chi connectivity index (χ4v) is 0.223. The van der Waals surface area contributed by atoms with E-state index in [1.54, 1.807) is 0 Å². The van der Waals surface area contributed by atoms with Gasteiger partial charge in [0.25, 0.3) is 0 Å². The normalized spacial score (nSPS) is 8.88. The molecule has 4 heteroatoms. The molecule has 0 radical (unpaired) electrons. The predicted molar refractivity (Wildman–Crippen MR) is 30.5 cm³/mol. The smallest absolute Gasteiger partial charge is 0.245 e. The van der Waals surface area contributed by atoms with Crippen LogP contribution in [0.15, 0.2) is 12.7 Å². The molecule has 0 bridgehead atoms. The Balaban J connectivity index is 3.39. The summed E-state index contributed by atoms with van der Waals surface area (Å²) < 4.78 is 0. The van der Waals surface area contributed by atoms with Crippen molar-refractivity contribution < 1.29 is 4.79 Å². The van der Waals surface area contributed by atoms with Crippen LogP contribution < -0.4 is 16.8 Å². The molecule has 0 saturated carbocycles. The highest BCUT2D eigenvalue weighted by Gasteiger charge is 1.94. The van der Waals surface area contributed by atoms with E-state index in [-0.39, 0.29) is 5.91 Å². The molecule has 8 heavy (non-hydrogen) atoms. The second kappa shape index (κ2) is 3.17. The van der Waals surface area contributed by atoms with E-state index < -0.39 is 6.29 Å². The summed E-state index contributed by atoms with van der Waals surface area (Å²) in [6, 6.07) is 0. The van der Waals surface area contributed by atoms with Gasteiger partial charge in [0.15, 0.2) is 0 Å². The molecule has 0 unspecified atom stereocenters. The second-order valence-corrected chi connectivity index (χ2v) is 1.24.